The molecule has 0 amide bonds. The van der Waals surface area contributed by atoms with Crippen molar-refractivity contribution in [3.8, 4) is 0 Å². The molecule has 1 rings (SSSR count). The summed E-state index contributed by atoms with van der Waals surface area (Å²) in [7, 11) is -3.98. The molecule has 1 aromatic carbocycles. The highest BCUT2D eigenvalue weighted by Gasteiger charge is 2.34. The summed E-state index contributed by atoms with van der Waals surface area (Å²) in [4.78, 5) is 1.10. The predicted molar refractivity (Wildman–Crippen MR) is 108 cm³/mol. The molecule has 0 radical (unpaired) electrons. The number of nitrogens with zero attached hydrogens (tertiary/aromatic N) is 1. The number of benzene rings is 1. The monoisotopic (exact) mass is 643 g/mol. The van der Waals surface area contributed by atoms with E-state index in [0.29, 0.717) is 5.02 Å². The summed E-state index contributed by atoms with van der Waals surface area (Å²) >= 11 is 31.0. The maximum Gasteiger partial charge on any atom is 0.285 e. The van der Waals surface area contributed by atoms with Gasteiger partial charge in [-0.3, -0.25) is 0 Å². The Morgan fingerprint density at radius 3 is 2.24 bits per heavy atom. The quantitative estimate of drug-likeness (QED) is 0.261. The summed E-state index contributed by atoms with van der Waals surface area (Å²) in [6.45, 7) is 0. The molecule has 0 saturated heterocycles. The molecule has 21 heavy (non-hydrogen) atoms. The SMILES string of the molecule is O=S(=O)(C(Cl)=CBr)N(SC(Br)(Br)Br)c1ccc(Cl)c(Cl)c1. The molecule has 118 valence electrons. The smallest absolute Gasteiger partial charge is 0.204 e. The normalized spacial score (nSPS) is 13.4. The van der Waals surface area contributed by atoms with E-state index < -0.39 is 15.9 Å². The number of sulfonamides is 1. The Labute approximate surface area is 175 Å². The molecule has 12 heteroatoms. The van der Waals surface area contributed by atoms with Gasteiger partial charge in [-0.2, -0.15) is 8.42 Å². The summed E-state index contributed by atoms with van der Waals surface area (Å²) < 4.78 is 24.6. The molecule has 0 aliphatic heterocycles. The molecule has 0 spiro atoms. The van der Waals surface area contributed by atoms with E-state index in [9.17, 15) is 8.42 Å². The van der Waals surface area contributed by atoms with Gasteiger partial charge in [-0.15, -0.1) is 0 Å². The molecular weight excluding hydrogens is 644 g/mol. The van der Waals surface area contributed by atoms with Crippen LogP contribution in [-0.2, 0) is 10.0 Å². The van der Waals surface area contributed by atoms with Crippen LogP contribution in [0.4, 0.5) is 5.69 Å². The molecule has 0 bridgehead atoms. The van der Waals surface area contributed by atoms with Crippen molar-refractivity contribution in [2.45, 2.75) is 1.47 Å². The first-order chi connectivity index (χ1) is 9.49. The molecule has 0 fully saturated rings. The molecule has 0 heterocycles. The molecule has 0 atom stereocenters. The molecule has 0 aromatic heterocycles. The Morgan fingerprint density at radius 2 is 1.81 bits per heavy atom. The van der Waals surface area contributed by atoms with Crippen molar-refractivity contribution in [2.24, 2.45) is 0 Å². The molecule has 0 saturated carbocycles. The van der Waals surface area contributed by atoms with E-state index in [1.54, 1.807) is 0 Å². The van der Waals surface area contributed by atoms with E-state index in [1.807, 2.05) is 0 Å². The largest absolute Gasteiger partial charge is 0.285 e. The topological polar surface area (TPSA) is 37.4 Å². The lowest BCUT2D eigenvalue weighted by molar-refractivity contribution is 0.606. The van der Waals surface area contributed by atoms with E-state index in [1.165, 1.54) is 18.2 Å². The Hall–Kier alpha value is 1.85. The summed E-state index contributed by atoms with van der Waals surface area (Å²) in [5.74, 6) is 0. The Balaban J connectivity index is 3.42. The number of rotatable bonds is 4. The zero-order valence-corrected chi connectivity index (χ0v) is 19.8. The number of hydrogen-bond acceptors (Lipinski definition) is 3. The molecule has 0 N–H and O–H groups in total. The van der Waals surface area contributed by atoms with Crippen molar-refractivity contribution >= 4 is 126 Å². The van der Waals surface area contributed by atoms with Gasteiger partial charge >= 0.3 is 0 Å². The summed E-state index contributed by atoms with van der Waals surface area (Å²) in [5, 5.41) is 0.533. The second-order valence-corrected chi connectivity index (χ2v) is 16.7. The van der Waals surface area contributed by atoms with Crippen LogP contribution in [0.25, 0.3) is 0 Å². The van der Waals surface area contributed by atoms with Crippen LogP contribution >= 0.6 is 110 Å². The third-order valence-electron chi connectivity index (χ3n) is 1.85. The lowest BCUT2D eigenvalue weighted by atomic mass is 10.3. The minimum absolute atomic E-state index is 0.221. The Morgan fingerprint density at radius 1 is 1.24 bits per heavy atom. The van der Waals surface area contributed by atoms with Gasteiger partial charge in [-0.25, -0.2) is 3.71 Å². The summed E-state index contributed by atoms with van der Waals surface area (Å²) in [6, 6.07) is 4.42. The van der Waals surface area contributed by atoms with Crippen LogP contribution in [0.2, 0.25) is 10.0 Å². The fourth-order valence-corrected chi connectivity index (χ4v) is 6.60. The van der Waals surface area contributed by atoms with Gasteiger partial charge in [0.15, 0.2) is 5.84 Å². The molecular formula is C9H4Br4Cl3NO2S2. The Kier molecular flexibility index (Phi) is 8.25. The van der Waals surface area contributed by atoms with Gasteiger partial charge in [-0.05, 0) is 66.0 Å². The molecule has 0 unspecified atom stereocenters. The van der Waals surface area contributed by atoms with E-state index in [-0.39, 0.29) is 10.7 Å². The maximum atomic E-state index is 12.5. The first-order valence-corrected chi connectivity index (χ1v) is 11.4. The highest BCUT2D eigenvalue weighted by molar-refractivity contribution is 9.42. The van der Waals surface area contributed by atoms with Crippen LogP contribution in [0.3, 0.4) is 0 Å². The van der Waals surface area contributed by atoms with Gasteiger partial charge in [0.2, 0.25) is 0 Å². The van der Waals surface area contributed by atoms with Crippen LogP contribution in [-0.4, -0.2) is 9.89 Å². The predicted octanol–water partition coefficient (Wildman–Crippen LogP) is 7.01. The van der Waals surface area contributed by atoms with Gasteiger partial charge in [0.05, 0.1) is 15.7 Å². The fraction of sp³-hybridized carbons (Fsp3) is 0.111. The van der Waals surface area contributed by atoms with Crippen molar-refractivity contribution in [3.63, 3.8) is 0 Å². The summed E-state index contributed by atoms with van der Waals surface area (Å²) in [5.41, 5.74) is 0.282. The van der Waals surface area contributed by atoms with Crippen molar-refractivity contribution in [3.05, 3.63) is 37.6 Å². The van der Waals surface area contributed by atoms with Gasteiger partial charge in [0, 0.05) is 16.9 Å². The van der Waals surface area contributed by atoms with E-state index in [0.717, 1.165) is 20.6 Å². The van der Waals surface area contributed by atoms with Gasteiger partial charge in [0.25, 0.3) is 10.0 Å². The second kappa shape index (κ2) is 8.29. The van der Waals surface area contributed by atoms with Crippen LogP contribution in [0.5, 0.6) is 0 Å². The highest BCUT2D eigenvalue weighted by Crippen LogP contribution is 2.50. The van der Waals surface area contributed by atoms with Crippen molar-refractivity contribution < 1.29 is 8.42 Å². The van der Waals surface area contributed by atoms with Crippen molar-refractivity contribution in [1.82, 2.24) is 0 Å². The average molecular weight is 648 g/mol. The Bertz CT molecular complexity index is 663. The van der Waals surface area contributed by atoms with Crippen LogP contribution in [0.1, 0.15) is 0 Å². The minimum atomic E-state index is -3.98. The van der Waals surface area contributed by atoms with Crippen LogP contribution in [0.15, 0.2) is 27.5 Å². The number of alkyl halides is 3. The van der Waals surface area contributed by atoms with E-state index in [2.05, 4.69) is 63.7 Å². The number of hydrogen-bond donors (Lipinski definition) is 0. The van der Waals surface area contributed by atoms with Gasteiger partial charge in [-0.1, -0.05) is 50.7 Å². The zero-order chi connectivity index (χ0) is 16.4. The standard InChI is InChI=1S/C9H4Br4Cl3NO2S2/c10-4-8(16)21(18,19)17(20-9(11,12)13)5-1-2-6(14)7(15)3-5/h1-4H. The second-order valence-electron chi connectivity index (χ2n) is 3.28. The molecule has 1 aromatic rings. The third-order valence-corrected chi connectivity index (χ3v) is 8.27. The summed E-state index contributed by atoms with van der Waals surface area (Å²) in [6.07, 6.45) is 0. The maximum absolute atomic E-state index is 12.5. The first-order valence-electron chi connectivity index (χ1n) is 4.71. The number of halogens is 7. The lowest BCUT2D eigenvalue weighted by Crippen LogP contribution is -2.26. The van der Waals surface area contributed by atoms with Crippen molar-refractivity contribution in [2.75, 3.05) is 3.71 Å². The van der Waals surface area contributed by atoms with Gasteiger partial charge < -0.3 is 0 Å². The van der Waals surface area contributed by atoms with Crippen LogP contribution < -0.4 is 3.71 Å². The molecule has 0 aliphatic carbocycles. The average Bonchev–Trinajstić information content (AvgIpc) is 2.37. The van der Waals surface area contributed by atoms with E-state index in [4.69, 9.17) is 34.8 Å². The minimum Gasteiger partial charge on any atom is -0.204 e. The third kappa shape index (κ3) is 6.01. The highest BCUT2D eigenvalue weighted by atomic mass is 80.0. The fourth-order valence-electron chi connectivity index (χ4n) is 1.07. The molecule has 3 nitrogen and oxygen atoms in total. The first kappa shape index (κ1) is 20.9. The van der Waals surface area contributed by atoms with Crippen LogP contribution in [0, 0.1) is 0 Å². The van der Waals surface area contributed by atoms with Crippen molar-refractivity contribution in [1.29, 1.82) is 0 Å². The van der Waals surface area contributed by atoms with Gasteiger partial charge in [0.1, 0.15) is 0 Å². The lowest BCUT2D eigenvalue weighted by Gasteiger charge is -2.26. The number of anilines is 1. The van der Waals surface area contributed by atoms with E-state index >= 15 is 0 Å². The zero-order valence-electron chi connectivity index (χ0n) is 9.54. The molecule has 0 aliphatic rings.